The van der Waals surface area contributed by atoms with Crippen LogP contribution in [0.15, 0.2) is 83.8 Å². The highest BCUT2D eigenvalue weighted by molar-refractivity contribution is 7.92. The lowest BCUT2D eigenvalue weighted by molar-refractivity contribution is -0.114. The predicted octanol–water partition coefficient (Wildman–Crippen LogP) is 3.45. The molecule has 0 atom stereocenters. The third kappa shape index (κ3) is 5.26. The fourth-order valence-corrected chi connectivity index (χ4v) is 4.26. The molecule has 160 valence electrons. The summed E-state index contributed by atoms with van der Waals surface area (Å²) in [6, 6.07) is 18.4. The van der Waals surface area contributed by atoms with E-state index in [9.17, 15) is 22.4 Å². The normalized spacial score (nSPS) is 10.9. The van der Waals surface area contributed by atoms with Gasteiger partial charge in [0.1, 0.15) is 12.4 Å². The molecule has 0 bridgehead atoms. The summed E-state index contributed by atoms with van der Waals surface area (Å²) < 4.78 is 45.3. The van der Waals surface area contributed by atoms with Crippen LogP contribution in [-0.2, 0) is 19.6 Å². The number of esters is 1. The number of carbonyl (C=O) groups excluding carboxylic acids is 2. The first-order chi connectivity index (χ1) is 14.8. The molecular formula is C22H19FN2O5S. The Hall–Kier alpha value is -3.72. The van der Waals surface area contributed by atoms with Gasteiger partial charge in [0, 0.05) is 5.69 Å². The third-order valence-corrected chi connectivity index (χ3v) is 6.09. The minimum absolute atomic E-state index is 0.0141. The second-order valence-electron chi connectivity index (χ2n) is 6.42. The van der Waals surface area contributed by atoms with Crippen molar-refractivity contribution in [3.8, 4) is 0 Å². The first kappa shape index (κ1) is 22.0. The maximum atomic E-state index is 13.4. The van der Waals surface area contributed by atoms with Crippen LogP contribution in [0.4, 0.5) is 15.8 Å². The van der Waals surface area contributed by atoms with Crippen molar-refractivity contribution in [2.24, 2.45) is 0 Å². The number of carbonyl (C=O) groups is 2. The first-order valence-electron chi connectivity index (χ1n) is 9.13. The number of amides is 1. The lowest BCUT2D eigenvalue weighted by Gasteiger charge is -2.24. The van der Waals surface area contributed by atoms with E-state index < -0.39 is 34.3 Å². The van der Waals surface area contributed by atoms with Gasteiger partial charge in [0.2, 0.25) is 5.91 Å². The van der Waals surface area contributed by atoms with E-state index in [1.807, 2.05) is 0 Å². The van der Waals surface area contributed by atoms with Crippen LogP contribution < -0.4 is 9.62 Å². The molecule has 0 fully saturated rings. The Morgan fingerprint density at radius 2 is 1.65 bits per heavy atom. The lowest BCUT2D eigenvalue weighted by atomic mass is 10.2. The fraction of sp³-hybridized carbons (Fsp3) is 0.0909. The molecule has 0 saturated heterocycles. The summed E-state index contributed by atoms with van der Waals surface area (Å²) in [4.78, 5) is 24.3. The summed E-state index contributed by atoms with van der Waals surface area (Å²) in [7, 11) is -2.87. The summed E-state index contributed by atoms with van der Waals surface area (Å²) in [5.41, 5.74) is 0.653. The van der Waals surface area contributed by atoms with Gasteiger partial charge in [-0.3, -0.25) is 9.10 Å². The van der Waals surface area contributed by atoms with Crippen LogP contribution >= 0.6 is 0 Å². The van der Waals surface area contributed by atoms with Crippen LogP contribution in [0.3, 0.4) is 0 Å². The summed E-state index contributed by atoms with van der Waals surface area (Å²) in [5.74, 6) is -1.76. The summed E-state index contributed by atoms with van der Waals surface area (Å²) in [6.07, 6.45) is 0. The van der Waals surface area contributed by atoms with Gasteiger partial charge in [-0.2, -0.15) is 0 Å². The van der Waals surface area contributed by atoms with Gasteiger partial charge in [-0.05, 0) is 54.6 Å². The van der Waals surface area contributed by atoms with Crippen LogP contribution in [0.2, 0.25) is 0 Å². The molecule has 0 saturated carbocycles. The number of rotatable bonds is 7. The van der Waals surface area contributed by atoms with Crippen LogP contribution in [0.1, 0.15) is 10.4 Å². The number of halogens is 1. The minimum Gasteiger partial charge on any atom is -0.465 e. The standard InChI is InChI=1S/C22H19FN2O5S/c1-30-22(27)16-6-5-7-18(14-16)24-21(26)15-25(19-12-10-17(23)11-13-19)31(28,29)20-8-3-2-4-9-20/h2-14H,15H2,1H3,(H,24,26). The number of hydrogen-bond donors (Lipinski definition) is 1. The number of nitrogens with zero attached hydrogens (tertiary/aromatic N) is 1. The molecule has 9 heteroatoms. The SMILES string of the molecule is COC(=O)c1cccc(NC(=O)CN(c2ccc(F)cc2)S(=O)(=O)c2ccccc2)c1. The van der Waals surface area contributed by atoms with E-state index in [1.165, 1.54) is 43.5 Å². The average molecular weight is 442 g/mol. The minimum atomic E-state index is -4.10. The smallest absolute Gasteiger partial charge is 0.337 e. The molecule has 0 aliphatic carbocycles. The molecular weight excluding hydrogens is 423 g/mol. The van der Waals surface area contributed by atoms with Gasteiger partial charge in [-0.1, -0.05) is 24.3 Å². The van der Waals surface area contributed by atoms with Gasteiger partial charge in [-0.25, -0.2) is 17.6 Å². The van der Waals surface area contributed by atoms with Crippen molar-refractivity contribution < 1.29 is 27.1 Å². The van der Waals surface area contributed by atoms with Gasteiger partial charge in [0.05, 0.1) is 23.3 Å². The average Bonchev–Trinajstić information content (AvgIpc) is 2.78. The molecule has 3 aromatic rings. The van der Waals surface area contributed by atoms with Gasteiger partial charge in [0.15, 0.2) is 0 Å². The topological polar surface area (TPSA) is 92.8 Å². The number of methoxy groups -OCH3 is 1. The third-order valence-electron chi connectivity index (χ3n) is 4.30. The highest BCUT2D eigenvalue weighted by Crippen LogP contribution is 2.24. The van der Waals surface area contributed by atoms with Crippen molar-refractivity contribution >= 4 is 33.3 Å². The van der Waals surface area contributed by atoms with Gasteiger partial charge >= 0.3 is 5.97 Å². The van der Waals surface area contributed by atoms with Crippen LogP contribution in [0.25, 0.3) is 0 Å². The molecule has 0 heterocycles. The Balaban J connectivity index is 1.89. The van der Waals surface area contributed by atoms with Crippen molar-refractivity contribution in [3.05, 3.63) is 90.2 Å². The largest absolute Gasteiger partial charge is 0.465 e. The monoisotopic (exact) mass is 442 g/mol. The van der Waals surface area contributed by atoms with Crippen LogP contribution in [0, 0.1) is 5.82 Å². The quantitative estimate of drug-likeness (QED) is 0.566. The molecule has 0 spiro atoms. The molecule has 3 rings (SSSR count). The molecule has 0 aromatic heterocycles. The van der Waals surface area contributed by atoms with Gasteiger partial charge in [-0.15, -0.1) is 0 Å². The summed E-state index contributed by atoms with van der Waals surface area (Å²) >= 11 is 0. The van der Waals surface area contributed by atoms with Crippen molar-refractivity contribution in [2.75, 3.05) is 23.3 Å². The van der Waals surface area contributed by atoms with Crippen molar-refractivity contribution in [2.45, 2.75) is 4.90 Å². The molecule has 7 nitrogen and oxygen atoms in total. The molecule has 31 heavy (non-hydrogen) atoms. The second kappa shape index (κ2) is 9.40. The number of hydrogen-bond acceptors (Lipinski definition) is 5. The zero-order chi connectivity index (χ0) is 22.4. The number of anilines is 2. The van der Waals surface area contributed by atoms with E-state index in [0.29, 0.717) is 5.69 Å². The van der Waals surface area contributed by atoms with E-state index in [4.69, 9.17) is 0 Å². The van der Waals surface area contributed by atoms with Crippen molar-refractivity contribution in [1.29, 1.82) is 0 Å². The Kier molecular flexibility index (Phi) is 6.66. The predicted molar refractivity (Wildman–Crippen MR) is 114 cm³/mol. The Labute approximate surface area is 179 Å². The lowest BCUT2D eigenvalue weighted by Crippen LogP contribution is -2.38. The Morgan fingerprint density at radius 3 is 2.29 bits per heavy atom. The number of ether oxygens (including phenoxy) is 1. The summed E-state index contributed by atoms with van der Waals surface area (Å²) in [6.45, 7) is -0.564. The molecule has 1 N–H and O–H groups in total. The molecule has 0 unspecified atom stereocenters. The fourth-order valence-electron chi connectivity index (χ4n) is 2.81. The molecule has 0 aliphatic heterocycles. The van der Waals surface area contributed by atoms with E-state index in [2.05, 4.69) is 10.1 Å². The van der Waals surface area contributed by atoms with Gasteiger partial charge in [0.25, 0.3) is 10.0 Å². The van der Waals surface area contributed by atoms with E-state index in [1.54, 1.807) is 30.3 Å². The first-order valence-corrected chi connectivity index (χ1v) is 10.6. The van der Waals surface area contributed by atoms with Crippen LogP contribution in [-0.4, -0.2) is 33.9 Å². The highest BCUT2D eigenvalue weighted by Gasteiger charge is 2.27. The number of benzene rings is 3. The van der Waals surface area contributed by atoms with Gasteiger partial charge < -0.3 is 10.1 Å². The number of nitrogens with one attached hydrogen (secondary N) is 1. The van der Waals surface area contributed by atoms with Crippen molar-refractivity contribution in [1.82, 2.24) is 0 Å². The van der Waals surface area contributed by atoms with E-state index >= 15 is 0 Å². The maximum Gasteiger partial charge on any atom is 0.337 e. The number of sulfonamides is 1. The summed E-state index contributed by atoms with van der Waals surface area (Å²) in [5, 5.41) is 2.57. The van der Waals surface area contributed by atoms with Crippen molar-refractivity contribution in [3.63, 3.8) is 0 Å². The molecule has 0 radical (unpaired) electrons. The highest BCUT2D eigenvalue weighted by atomic mass is 32.2. The zero-order valence-corrected chi connectivity index (χ0v) is 17.3. The Bertz CT molecular complexity index is 1180. The van der Waals surface area contributed by atoms with E-state index in [-0.39, 0.29) is 16.1 Å². The molecule has 3 aromatic carbocycles. The van der Waals surface area contributed by atoms with Crippen LogP contribution in [0.5, 0.6) is 0 Å². The molecule has 0 aliphatic rings. The second-order valence-corrected chi connectivity index (χ2v) is 8.28. The zero-order valence-electron chi connectivity index (χ0n) is 16.5. The molecule has 1 amide bonds. The maximum absolute atomic E-state index is 13.4. The Morgan fingerprint density at radius 1 is 0.968 bits per heavy atom. The van der Waals surface area contributed by atoms with E-state index in [0.717, 1.165) is 16.4 Å².